The third-order valence-electron chi connectivity index (χ3n) is 5.82. The average Bonchev–Trinajstić information content (AvgIpc) is 2.60. The van der Waals surface area contributed by atoms with E-state index in [1.165, 1.54) is 19.3 Å². The maximum atomic E-state index is 10.8. The van der Waals surface area contributed by atoms with Crippen LogP contribution in [-0.2, 0) is 10.9 Å². The van der Waals surface area contributed by atoms with E-state index in [4.69, 9.17) is 0 Å². The Hall–Kier alpha value is -0.0900. The van der Waals surface area contributed by atoms with Crippen LogP contribution in [0.15, 0.2) is 0 Å². The summed E-state index contributed by atoms with van der Waals surface area (Å²) in [5.41, 5.74) is 0.460. The molecule has 2 saturated carbocycles. The third kappa shape index (κ3) is 1.84. The van der Waals surface area contributed by atoms with Crippen LogP contribution in [0.2, 0.25) is 0 Å². The van der Waals surface area contributed by atoms with Crippen molar-refractivity contribution in [1.82, 2.24) is 4.72 Å². The normalized spacial score (nSPS) is 39.4. The Kier molecular flexibility index (Phi) is 3.32. The van der Waals surface area contributed by atoms with E-state index in [0.717, 1.165) is 5.92 Å². The molecule has 3 unspecified atom stereocenters. The molecule has 2 bridgehead atoms. The largest absolute Gasteiger partial charge is 0.217 e. The highest BCUT2D eigenvalue weighted by atomic mass is 32.2. The van der Waals surface area contributed by atoms with Crippen LogP contribution in [-0.4, -0.2) is 15.0 Å². The minimum atomic E-state index is -2.47. The van der Waals surface area contributed by atoms with E-state index in [2.05, 4.69) is 32.4 Å². The van der Waals surface area contributed by atoms with Crippen molar-refractivity contribution in [3.05, 3.63) is 0 Å². The molecule has 3 atom stereocenters. The first-order chi connectivity index (χ1) is 7.81. The third-order valence-corrected chi connectivity index (χ3v) is 6.24. The first-order valence-electron chi connectivity index (χ1n) is 6.69. The van der Waals surface area contributed by atoms with E-state index in [-0.39, 0.29) is 10.8 Å². The van der Waals surface area contributed by atoms with E-state index in [1.54, 1.807) is 0 Å². The molecule has 17 heavy (non-hydrogen) atoms. The molecule has 0 aromatic heterocycles. The fourth-order valence-electron chi connectivity index (χ4n) is 4.69. The van der Waals surface area contributed by atoms with Crippen molar-refractivity contribution < 1.29 is 8.42 Å². The van der Waals surface area contributed by atoms with Gasteiger partial charge < -0.3 is 0 Å². The summed E-state index contributed by atoms with van der Waals surface area (Å²) in [6, 6.07) is 0. The van der Waals surface area contributed by atoms with Crippen molar-refractivity contribution in [3.63, 3.8) is 0 Å². The molecule has 2 fully saturated rings. The molecule has 0 radical (unpaired) electrons. The monoisotopic (exact) mass is 259 g/mol. The highest BCUT2D eigenvalue weighted by Crippen LogP contribution is 2.69. The maximum absolute atomic E-state index is 10.8. The van der Waals surface area contributed by atoms with Gasteiger partial charge in [0.25, 0.3) is 0 Å². The van der Waals surface area contributed by atoms with Gasteiger partial charge in [0.15, 0.2) is 0 Å². The average molecular weight is 259 g/mol. The van der Waals surface area contributed by atoms with Gasteiger partial charge in [-0.2, -0.15) is 0 Å². The molecule has 2 rings (SSSR count). The highest BCUT2D eigenvalue weighted by Gasteiger charge is 2.63. The molecule has 0 aromatic rings. The second-order valence-electron chi connectivity index (χ2n) is 6.79. The Morgan fingerprint density at radius 1 is 1.35 bits per heavy atom. The number of nitrogens with one attached hydrogen (secondary N) is 1. The molecule has 0 spiro atoms. The predicted octanol–water partition coefficient (Wildman–Crippen LogP) is 2.20. The van der Waals surface area contributed by atoms with Gasteiger partial charge in [-0.1, -0.05) is 27.7 Å². The molecule has 0 amide bonds. The lowest BCUT2D eigenvalue weighted by Gasteiger charge is -2.44. The number of rotatable bonds is 4. The van der Waals surface area contributed by atoms with E-state index < -0.39 is 10.9 Å². The van der Waals surface area contributed by atoms with Gasteiger partial charge in [0.1, 0.15) is 0 Å². The van der Waals surface area contributed by atoms with Crippen molar-refractivity contribution in [1.29, 1.82) is 0 Å². The summed E-state index contributed by atoms with van der Waals surface area (Å²) in [5.74, 6) is 2.09. The zero-order valence-corrected chi connectivity index (χ0v) is 12.2. The summed E-state index contributed by atoms with van der Waals surface area (Å²) in [5, 5.41) is 0. The van der Waals surface area contributed by atoms with Gasteiger partial charge in [0.05, 0.1) is 0 Å². The van der Waals surface area contributed by atoms with Crippen LogP contribution in [0.4, 0.5) is 0 Å². The van der Waals surface area contributed by atoms with E-state index in [1.807, 2.05) is 0 Å². The van der Waals surface area contributed by atoms with Crippen molar-refractivity contribution >= 4 is 10.9 Å². The topological polar surface area (TPSA) is 46.2 Å². The Morgan fingerprint density at radius 3 is 2.47 bits per heavy atom. The lowest BCUT2D eigenvalue weighted by atomic mass is 9.62. The number of thiol groups is 1. The Morgan fingerprint density at radius 2 is 2.00 bits per heavy atom. The van der Waals surface area contributed by atoms with Crippen molar-refractivity contribution in [2.75, 3.05) is 6.54 Å². The summed E-state index contributed by atoms with van der Waals surface area (Å²) in [7, 11) is -2.47. The summed E-state index contributed by atoms with van der Waals surface area (Å²) in [6.07, 6.45) is 3.74. The fourth-order valence-corrected chi connectivity index (χ4v) is 5.10. The fraction of sp³-hybridized carbons (Fsp3) is 1.00. The summed E-state index contributed by atoms with van der Waals surface area (Å²) < 4.78 is 24.4. The van der Waals surface area contributed by atoms with E-state index >= 15 is 0 Å². The molecular weight excluding hydrogens is 234 g/mol. The minimum Gasteiger partial charge on any atom is -0.217 e. The van der Waals surface area contributed by atoms with E-state index in [0.29, 0.717) is 18.4 Å². The molecule has 0 heterocycles. The molecule has 100 valence electrons. The van der Waals surface area contributed by atoms with Gasteiger partial charge in [-0.05, 0) is 47.8 Å². The van der Waals surface area contributed by atoms with Gasteiger partial charge in [-0.3, -0.25) is 0 Å². The zero-order valence-electron chi connectivity index (χ0n) is 11.3. The standard InChI is InChI=1S/C13H25NO2S/c1-9(2)11-7-10-5-6-13(11,12(10,3)4)8-14-17(15)16/h9-11,17H,5-8H2,1-4H3,(H,14,15,16). The molecule has 0 saturated heterocycles. The second-order valence-corrected chi connectivity index (χ2v) is 7.62. The Bertz CT molecular complexity index is 368. The van der Waals surface area contributed by atoms with Crippen LogP contribution in [0.1, 0.15) is 47.0 Å². The van der Waals surface area contributed by atoms with Crippen molar-refractivity contribution in [2.45, 2.75) is 47.0 Å². The molecule has 2 aliphatic rings. The second kappa shape index (κ2) is 4.23. The lowest BCUT2D eigenvalue weighted by molar-refractivity contribution is 0.0603. The Labute approximate surface area is 106 Å². The van der Waals surface area contributed by atoms with Gasteiger partial charge in [-0.25, -0.2) is 13.1 Å². The first kappa shape index (κ1) is 13.3. The van der Waals surface area contributed by atoms with Gasteiger partial charge in [-0.15, -0.1) is 0 Å². The summed E-state index contributed by atoms with van der Waals surface area (Å²) in [4.78, 5) is 0. The van der Waals surface area contributed by atoms with Gasteiger partial charge in [0.2, 0.25) is 10.9 Å². The lowest BCUT2D eigenvalue weighted by Crippen LogP contribution is -2.45. The number of hydrogen-bond acceptors (Lipinski definition) is 2. The van der Waals surface area contributed by atoms with Crippen molar-refractivity contribution in [2.24, 2.45) is 28.6 Å². The molecule has 2 aliphatic carbocycles. The van der Waals surface area contributed by atoms with E-state index in [9.17, 15) is 8.42 Å². The zero-order chi connectivity index (χ0) is 12.8. The summed E-state index contributed by atoms with van der Waals surface area (Å²) in [6.45, 7) is 9.87. The molecule has 1 N–H and O–H groups in total. The van der Waals surface area contributed by atoms with Gasteiger partial charge in [0, 0.05) is 6.54 Å². The van der Waals surface area contributed by atoms with Crippen LogP contribution >= 0.6 is 0 Å². The van der Waals surface area contributed by atoms with Crippen LogP contribution in [0.3, 0.4) is 0 Å². The Balaban J connectivity index is 2.29. The van der Waals surface area contributed by atoms with Crippen molar-refractivity contribution in [3.8, 4) is 0 Å². The molecule has 0 aliphatic heterocycles. The molecular formula is C13H25NO2S. The molecule has 0 aromatic carbocycles. The molecule has 3 nitrogen and oxygen atoms in total. The van der Waals surface area contributed by atoms with Crippen LogP contribution in [0.25, 0.3) is 0 Å². The number of fused-ring (bicyclic) bond motifs is 2. The van der Waals surface area contributed by atoms with Crippen LogP contribution < -0.4 is 4.72 Å². The van der Waals surface area contributed by atoms with Gasteiger partial charge >= 0.3 is 0 Å². The van der Waals surface area contributed by atoms with Crippen LogP contribution in [0, 0.1) is 28.6 Å². The SMILES string of the molecule is CC(C)C1CC2CCC1(CN[SH](=O)=O)C2(C)C. The summed E-state index contributed by atoms with van der Waals surface area (Å²) >= 11 is 0. The quantitative estimate of drug-likeness (QED) is 0.760. The highest BCUT2D eigenvalue weighted by molar-refractivity contribution is 7.70. The number of hydrogen-bond donors (Lipinski definition) is 2. The molecule has 4 heteroatoms. The first-order valence-corrected chi connectivity index (χ1v) is 7.87. The predicted molar refractivity (Wildman–Crippen MR) is 70.2 cm³/mol. The minimum absolute atomic E-state index is 0.182. The van der Waals surface area contributed by atoms with Crippen LogP contribution in [0.5, 0.6) is 0 Å². The smallest absolute Gasteiger partial charge is 0.201 e. The maximum Gasteiger partial charge on any atom is 0.201 e.